The third-order valence-corrected chi connectivity index (χ3v) is 3.51. The van der Waals surface area contributed by atoms with Crippen LogP contribution in [0.2, 0.25) is 0 Å². The molecule has 106 valence electrons. The van der Waals surface area contributed by atoms with E-state index in [-0.39, 0.29) is 5.91 Å². The maximum absolute atomic E-state index is 10.9. The molecule has 1 fully saturated rings. The summed E-state index contributed by atoms with van der Waals surface area (Å²) in [4.78, 5) is 19.5. The van der Waals surface area contributed by atoms with E-state index in [2.05, 4.69) is 16.0 Å². The molecule has 0 spiro atoms. The molecule has 0 saturated carbocycles. The number of primary amides is 1. The Hall–Kier alpha value is -2.13. The number of nitrogens with zero attached hydrogens (tertiary/aromatic N) is 4. The number of carbonyl (C=O) groups is 1. The molecule has 1 aliphatic rings. The van der Waals surface area contributed by atoms with Gasteiger partial charge in [0, 0.05) is 31.9 Å². The molecule has 0 unspecified atom stereocenters. The first kappa shape index (κ1) is 14.3. The second-order valence-electron chi connectivity index (χ2n) is 5.08. The van der Waals surface area contributed by atoms with Gasteiger partial charge in [0.15, 0.2) is 0 Å². The van der Waals surface area contributed by atoms with Crippen molar-refractivity contribution in [1.29, 1.82) is 5.26 Å². The second-order valence-corrected chi connectivity index (χ2v) is 5.08. The molecule has 1 aromatic heterocycles. The molecule has 1 aliphatic heterocycles. The van der Waals surface area contributed by atoms with Crippen molar-refractivity contribution < 1.29 is 4.79 Å². The Bertz CT molecular complexity index is 555. The molecule has 2 rings (SSSR count). The number of rotatable bonds is 3. The lowest BCUT2D eigenvalue weighted by atomic mass is 10.1. The van der Waals surface area contributed by atoms with Crippen LogP contribution in [0.4, 0.5) is 5.69 Å². The van der Waals surface area contributed by atoms with E-state index in [1.165, 1.54) is 0 Å². The number of hydrogen-bond acceptors (Lipinski definition) is 5. The molecule has 2 heterocycles. The zero-order valence-electron chi connectivity index (χ0n) is 11.9. The topological polar surface area (TPSA) is 86.2 Å². The lowest BCUT2D eigenvalue weighted by molar-refractivity contribution is -0.119. The van der Waals surface area contributed by atoms with E-state index in [1.807, 2.05) is 24.8 Å². The van der Waals surface area contributed by atoms with E-state index in [4.69, 9.17) is 5.73 Å². The van der Waals surface area contributed by atoms with E-state index in [0.29, 0.717) is 12.1 Å². The largest absolute Gasteiger partial charge is 0.369 e. The number of amides is 1. The quantitative estimate of drug-likeness (QED) is 0.849. The molecular weight excluding hydrogens is 254 g/mol. The maximum atomic E-state index is 10.9. The van der Waals surface area contributed by atoms with Crippen LogP contribution in [0.5, 0.6) is 0 Å². The highest BCUT2D eigenvalue weighted by molar-refractivity contribution is 5.76. The van der Waals surface area contributed by atoms with Crippen LogP contribution < -0.4 is 10.6 Å². The number of aromatic nitrogens is 1. The van der Waals surface area contributed by atoms with E-state index in [1.54, 1.807) is 0 Å². The lowest BCUT2D eigenvalue weighted by Gasteiger charge is -2.36. The van der Waals surface area contributed by atoms with E-state index < -0.39 is 0 Å². The minimum atomic E-state index is -0.299. The van der Waals surface area contributed by atoms with Gasteiger partial charge in [-0.25, -0.2) is 0 Å². The summed E-state index contributed by atoms with van der Waals surface area (Å²) in [6.07, 6.45) is 0. The molecule has 1 saturated heterocycles. The van der Waals surface area contributed by atoms with Gasteiger partial charge in [0.2, 0.25) is 5.91 Å². The predicted octanol–water partition coefficient (Wildman–Crippen LogP) is 0.177. The summed E-state index contributed by atoms with van der Waals surface area (Å²) in [6.45, 7) is 7.20. The van der Waals surface area contributed by atoms with Crippen LogP contribution in [-0.4, -0.2) is 48.5 Å². The van der Waals surface area contributed by atoms with Crippen molar-refractivity contribution in [2.45, 2.75) is 13.8 Å². The van der Waals surface area contributed by atoms with Gasteiger partial charge in [0.05, 0.1) is 23.5 Å². The summed E-state index contributed by atoms with van der Waals surface area (Å²) in [5, 5.41) is 9.30. The molecule has 0 bridgehead atoms. The Balaban J connectivity index is 2.15. The molecule has 1 amide bonds. The van der Waals surface area contributed by atoms with Crippen molar-refractivity contribution in [2.75, 3.05) is 37.6 Å². The molecule has 2 N–H and O–H groups in total. The van der Waals surface area contributed by atoms with Gasteiger partial charge in [0.25, 0.3) is 0 Å². The molecule has 1 aromatic rings. The standard InChI is InChI=1S/C14H19N5O/c1-10-7-13(12(8-15)11(2)17-10)19-5-3-18(4-6-19)9-14(16)20/h7H,3-6,9H2,1-2H3,(H2,16,20). The Morgan fingerprint density at radius 3 is 2.60 bits per heavy atom. The SMILES string of the molecule is Cc1cc(N2CCN(CC(N)=O)CC2)c(C#N)c(C)n1. The Kier molecular flexibility index (Phi) is 4.20. The normalized spacial score (nSPS) is 15.9. The molecule has 0 atom stereocenters. The number of aryl methyl sites for hydroxylation is 2. The van der Waals surface area contributed by atoms with Crippen LogP contribution in [0.25, 0.3) is 0 Å². The first-order valence-electron chi connectivity index (χ1n) is 6.65. The van der Waals surface area contributed by atoms with Gasteiger partial charge in [-0.2, -0.15) is 5.26 Å². The molecule has 0 radical (unpaired) electrons. The fourth-order valence-corrected chi connectivity index (χ4v) is 2.56. The molecule has 20 heavy (non-hydrogen) atoms. The van der Waals surface area contributed by atoms with E-state index >= 15 is 0 Å². The summed E-state index contributed by atoms with van der Waals surface area (Å²) in [5.41, 5.74) is 8.47. The number of hydrogen-bond donors (Lipinski definition) is 1. The predicted molar refractivity (Wildman–Crippen MR) is 76.3 cm³/mol. The molecule has 0 aromatic carbocycles. The summed E-state index contributed by atoms with van der Waals surface area (Å²) in [6, 6.07) is 4.19. The monoisotopic (exact) mass is 273 g/mol. The number of piperazine rings is 1. The average molecular weight is 273 g/mol. The third kappa shape index (κ3) is 3.06. The zero-order valence-corrected chi connectivity index (χ0v) is 11.9. The van der Waals surface area contributed by atoms with Gasteiger partial charge in [0.1, 0.15) is 6.07 Å². The lowest BCUT2D eigenvalue weighted by Crippen LogP contribution is -2.49. The number of nitrogens with two attached hydrogens (primary N) is 1. The van der Waals surface area contributed by atoms with Crippen LogP contribution in [0.15, 0.2) is 6.07 Å². The molecule has 6 nitrogen and oxygen atoms in total. The van der Waals surface area contributed by atoms with Crippen LogP contribution in [0.3, 0.4) is 0 Å². The number of pyridine rings is 1. The number of carbonyl (C=O) groups excluding carboxylic acids is 1. The van der Waals surface area contributed by atoms with Crippen molar-refractivity contribution in [1.82, 2.24) is 9.88 Å². The van der Waals surface area contributed by atoms with Gasteiger partial charge in [-0.3, -0.25) is 14.7 Å². The summed E-state index contributed by atoms with van der Waals surface area (Å²) in [7, 11) is 0. The van der Waals surface area contributed by atoms with Crippen LogP contribution in [-0.2, 0) is 4.79 Å². The van der Waals surface area contributed by atoms with E-state index in [9.17, 15) is 10.1 Å². The van der Waals surface area contributed by atoms with Crippen molar-refractivity contribution >= 4 is 11.6 Å². The van der Waals surface area contributed by atoms with Gasteiger partial charge >= 0.3 is 0 Å². The minimum Gasteiger partial charge on any atom is -0.369 e. The zero-order chi connectivity index (χ0) is 14.7. The van der Waals surface area contributed by atoms with Gasteiger partial charge in [-0.1, -0.05) is 0 Å². The summed E-state index contributed by atoms with van der Waals surface area (Å²) < 4.78 is 0. The van der Waals surface area contributed by atoms with Gasteiger partial charge < -0.3 is 10.6 Å². The van der Waals surface area contributed by atoms with Crippen LogP contribution >= 0.6 is 0 Å². The minimum absolute atomic E-state index is 0.299. The second kappa shape index (κ2) is 5.88. The molecule has 0 aliphatic carbocycles. The van der Waals surface area contributed by atoms with Crippen molar-refractivity contribution in [3.63, 3.8) is 0 Å². The summed E-state index contributed by atoms with van der Waals surface area (Å²) in [5.74, 6) is -0.299. The van der Waals surface area contributed by atoms with Crippen molar-refractivity contribution in [3.8, 4) is 6.07 Å². The fraction of sp³-hybridized carbons (Fsp3) is 0.500. The van der Waals surface area contributed by atoms with Crippen molar-refractivity contribution in [2.24, 2.45) is 5.73 Å². The molecule has 6 heteroatoms. The Labute approximate surface area is 118 Å². The van der Waals surface area contributed by atoms with Crippen LogP contribution in [0, 0.1) is 25.2 Å². The number of nitriles is 1. The van der Waals surface area contributed by atoms with Gasteiger partial charge in [-0.15, -0.1) is 0 Å². The maximum Gasteiger partial charge on any atom is 0.231 e. The Morgan fingerprint density at radius 1 is 1.40 bits per heavy atom. The smallest absolute Gasteiger partial charge is 0.231 e. The van der Waals surface area contributed by atoms with Gasteiger partial charge in [-0.05, 0) is 19.9 Å². The molecular formula is C14H19N5O. The first-order valence-corrected chi connectivity index (χ1v) is 6.65. The fourth-order valence-electron chi connectivity index (χ4n) is 2.56. The van der Waals surface area contributed by atoms with Crippen molar-refractivity contribution in [3.05, 3.63) is 23.0 Å². The van der Waals surface area contributed by atoms with E-state index in [0.717, 1.165) is 43.3 Å². The highest BCUT2D eigenvalue weighted by Crippen LogP contribution is 2.24. The third-order valence-electron chi connectivity index (χ3n) is 3.51. The highest BCUT2D eigenvalue weighted by Gasteiger charge is 2.21. The Morgan fingerprint density at radius 2 is 2.05 bits per heavy atom. The average Bonchev–Trinajstić information content (AvgIpc) is 2.38. The highest BCUT2D eigenvalue weighted by atomic mass is 16.1. The number of anilines is 1. The first-order chi connectivity index (χ1) is 9.51. The van der Waals surface area contributed by atoms with Crippen LogP contribution in [0.1, 0.15) is 17.0 Å². The summed E-state index contributed by atoms with van der Waals surface area (Å²) >= 11 is 0.